The zero-order valence-corrected chi connectivity index (χ0v) is 13.2. The fourth-order valence-corrected chi connectivity index (χ4v) is 10.1. The number of rotatable bonds is 5. The summed E-state index contributed by atoms with van der Waals surface area (Å²) in [7, 11) is 0. The van der Waals surface area contributed by atoms with E-state index in [0.717, 1.165) is 0 Å². The van der Waals surface area contributed by atoms with E-state index in [2.05, 4.69) is 67.6 Å². The van der Waals surface area contributed by atoms with E-state index in [0.29, 0.717) is 0 Å². The van der Waals surface area contributed by atoms with Gasteiger partial charge in [-0.15, -0.1) is 0 Å². The molecule has 1 heteroatoms. The van der Waals surface area contributed by atoms with Crippen LogP contribution < -0.4 is 7.16 Å². The Balaban J connectivity index is 2.26. The Morgan fingerprint density at radius 3 is 1.65 bits per heavy atom. The molecule has 0 bridgehead atoms. The van der Waals surface area contributed by atoms with Crippen molar-refractivity contribution in [2.75, 3.05) is 0 Å². The summed E-state index contributed by atoms with van der Waals surface area (Å²) in [5, 5.41) is 0. The van der Waals surface area contributed by atoms with Gasteiger partial charge in [-0.1, -0.05) is 0 Å². The summed E-state index contributed by atoms with van der Waals surface area (Å²) < 4.78 is 4.70. The summed E-state index contributed by atoms with van der Waals surface area (Å²) in [4.78, 5) is 0. The van der Waals surface area contributed by atoms with E-state index in [-0.39, 0.29) is 0 Å². The second kappa shape index (κ2) is 6.85. The van der Waals surface area contributed by atoms with Crippen LogP contribution in [0.15, 0.2) is 60.7 Å². The average molecular weight is 330 g/mol. The molecule has 0 atom stereocenters. The van der Waals surface area contributed by atoms with Crippen molar-refractivity contribution in [1.82, 2.24) is 0 Å². The third-order valence-electron chi connectivity index (χ3n) is 3.02. The molecule has 2 aromatic rings. The molecule has 0 fully saturated rings. The summed E-state index contributed by atoms with van der Waals surface area (Å²) in [6, 6.07) is 22.3. The molecule has 0 aliphatic rings. The van der Waals surface area contributed by atoms with Crippen LogP contribution in [0.1, 0.15) is 19.8 Å². The zero-order valence-electron chi connectivity index (χ0n) is 10.4. The van der Waals surface area contributed by atoms with E-state index < -0.39 is 19.8 Å². The first kappa shape index (κ1) is 12.7. The van der Waals surface area contributed by atoms with Gasteiger partial charge in [-0.05, 0) is 0 Å². The molecule has 0 spiro atoms. The molecule has 2 rings (SSSR count). The molecule has 0 aromatic heterocycles. The second-order valence-corrected chi connectivity index (χ2v) is 11.8. The molecule has 0 heterocycles. The standard InChI is InChI=1S/2C6H5.C4H9.Sn/c2*1-2-4-6-5-3-1;1-3-4-2;/h2*1-5H;1,3-4H2,2H3;. The van der Waals surface area contributed by atoms with Crippen molar-refractivity contribution in [3.05, 3.63) is 60.7 Å². The number of hydrogen-bond donors (Lipinski definition) is 0. The Morgan fingerprint density at radius 2 is 1.24 bits per heavy atom. The van der Waals surface area contributed by atoms with Crippen molar-refractivity contribution in [2.24, 2.45) is 0 Å². The van der Waals surface area contributed by atoms with Gasteiger partial charge in [-0.25, -0.2) is 0 Å². The fraction of sp³-hybridized carbons (Fsp3) is 0.250. The quantitative estimate of drug-likeness (QED) is 0.739. The average Bonchev–Trinajstić information content (AvgIpc) is 2.42. The van der Waals surface area contributed by atoms with E-state index in [9.17, 15) is 0 Å². The third-order valence-corrected chi connectivity index (χ3v) is 11.3. The molecule has 2 aromatic carbocycles. The monoisotopic (exact) mass is 331 g/mol. The van der Waals surface area contributed by atoms with Gasteiger partial charge < -0.3 is 0 Å². The molecule has 0 aliphatic carbocycles. The Bertz CT molecular complexity index is 382. The molecule has 0 aliphatic heterocycles. The van der Waals surface area contributed by atoms with Crippen LogP contribution in [0.3, 0.4) is 0 Å². The van der Waals surface area contributed by atoms with E-state index in [1.807, 2.05) is 0 Å². The van der Waals surface area contributed by atoms with Gasteiger partial charge >= 0.3 is 112 Å². The van der Waals surface area contributed by atoms with Gasteiger partial charge in [0.1, 0.15) is 0 Å². The molecule has 0 nitrogen and oxygen atoms in total. The first-order chi connectivity index (χ1) is 8.42. The van der Waals surface area contributed by atoms with Crippen molar-refractivity contribution in [2.45, 2.75) is 24.2 Å². The molecule has 1 radical (unpaired) electrons. The molecule has 0 saturated heterocycles. The van der Waals surface area contributed by atoms with Crippen LogP contribution in [-0.4, -0.2) is 19.8 Å². The van der Waals surface area contributed by atoms with Crippen LogP contribution in [0.5, 0.6) is 0 Å². The van der Waals surface area contributed by atoms with Gasteiger partial charge in [0, 0.05) is 0 Å². The second-order valence-electron chi connectivity index (χ2n) is 4.31. The minimum atomic E-state index is -1.60. The van der Waals surface area contributed by atoms with Crippen LogP contribution in [-0.2, 0) is 0 Å². The van der Waals surface area contributed by atoms with Gasteiger partial charge in [0.25, 0.3) is 0 Å². The predicted octanol–water partition coefficient (Wildman–Crippen LogP) is 3.10. The first-order valence-corrected chi connectivity index (χ1v) is 11.3. The molecule has 0 saturated carbocycles. The van der Waals surface area contributed by atoms with Crippen molar-refractivity contribution in [1.29, 1.82) is 0 Å². The topological polar surface area (TPSA) is 0 Å². The molecule has 0 N–H and O–H groups in total. The van der Waals surface area contributed by atoms with E-state index >= 15 is 0 Å². The van der Waals surface area contributed by atoms with Gasteiger partial charge in [0.15, 0.2) is 0 Å². The van der Waals surface area contributed by atoms with E-state index in [4.69, 9.17) is 0 Å². The molecule has 0 amide bonds. The SMILES string of the molecule is CCC[CH2][Sn]([c]1ccccc1)[c]1ccccc1. The Labute approximate surface area is 111 Å². The Hall–Kier alpha value is -0.761. The van der Waals surface area contributed by atoms with Gasteiger partial charge in [-0.2, -0.15) is 0 Å². The number of hydrogen-bond acceptors (Lipinski definition) is 0. The maximum absolute atomic E-state index is 2.33. The maximum atomic E-state index is 2.33. The van der Waals surface area contributed by atoms with Crippen LogP contribution in [0.25, 0.3) is 0 Å². The predicted molar refractivity (Wildman–Crippen MR) is 77.6 cm³/mol. The molecular formula is C16H19Sn. The van der Waals surface area contributed by atoms with Crippen LogP contribution in [0.4, 0.5) is 0 Å². The Morgan fingerprint density at radius 1 is 0.765 bits per heavy atom. The molecule has 17 heavy (non-hydrogen) atoms. The van der Waals surface area contributed by atoms with Crippen molar-refractivity contribution in [3.8, 4) is 0 Å². The minimum absolute atomic E-state index is 1.31. The van der Waals surface area contributed by atoms with Gasteiger partial charge in [0.2, 0.25) is 0 Å². The number of unbranched alkanes of at least 4 members (excludes halogenated alkanes) is 1. The zero-order chi connectivity index (χ0) is 11.9. The summed E-state index contributed by atoms with van der Waals surface area (Å²) in [6.07, 6.45) is 2.68. The van der Waals surface area contributed by atoms with Crippen LogP contribution in [0.2, 0.25) is 4.44 Å². The molecule has 87 valence electrons. The summed E-state index contributed by atoms with van der Waals surface area (Å²) in [5.74, 6) is 0. The Kier molecular flexibility index (Phi) is 5.11. The van der Waals surface area contributed by atoms with Crippen molar-refractivity contribution in [3.63, 3.8) is 0 Å². The van der Waals surface area contributed by atoms with Crippen LogP contribution in [0, 0.1) is 0 Å². The van der Waals surface area contributed by atoms with Crippen LogP contribution >= 0.6 is 0 Å². The number of benzene rings is 2. The molecule has 0 unspecified atom stereocenters. The van der Waals surface area contributed by atoms with Crippen molar-refractivity contribution >= 4 is 26.9 Å². The summed E-state index contributed by atoms with van der Waals surface area (Å²) in [6.45, 7) is 2.29. The first-order valence-electron chi connectivity index (χ1n) is 6.38. The summed E-state index contributed by atoms with van der Waals surface area (Å²) >= 11 is -1.60. The van der Waals surface area contributed by atoms with Crippen molar-refractivity contribution < 1.29 is 0 Å². The molecular weight excluding hydrogens is 311 g/mol. The van der Waals surface area contributed by atoms with Gasteiger partial charge in [0.05, 0.1) is 0 Å². The third kappa shape index (κ3) is 3.60. The summed E-state index contributed by atoms with van der Waals surface area (Å²) in [5.41, 5.74) is 0. The van der Waals surface area contributed by atoms with Gasteiger partial charge in [-0.3, -0.25) is 0 Å². The normalized spacial score (nSPS) is 10.7. The van der Waals surface area contributed by atoms with E-state index in [1.165, 1.54) is 17.3 Å². The van der Waals surface area contributed by atoms with E-state index in [1.54, 1.807) is 7.16 Å². The fourth-order valence-electron chi connectivity index (χ4n) is 2.09.